The summed E-state index contributed by atoms with van der Waals surface area (Å²) in [6, 6.07) is 7.38. The van der Waals surface area contributed by atoms with Crippen molar-refractivity contribution in [1.29, 1.82) is 0 Å². The van der Waals surface area contributed by atoms with E-state index < -0.39 is 0 Å². The van der Waals surface area contributed by atoms with Crippen LogP contribution in [0.15, 0.2) is 24.3 Å². The molecule has 5 heteroatoms. The average Bonchev–Trinajstić information content (AvgIpc) is 3.13. The number of hydrogen-bond acceptors (Lipinski definition) is 3. The molecule has 0 aromatic heterocycles. The standard InChI is InChI=1S/C22H33N3O2/c1-3-13-25(14-4-2)20(26)17-8-10-19(11-9-17)24-21(27)22-12-6-5-7-18(22)15-23-16-22/h8-11,18,23H,3-7,12-16H2,1-2H3,(H,24,27)/t18-,22+/m0/s1. The maximum absolute atomic E-state index is 13.0. The van der Waals surface area contributed by atoms with Crippen LogP contribution in [0, 0.1) is 11.3 Å². The summed E-state index contributed by atoms with van der Waals surface area (Å²) in [5, 5.41) is 6.54. The fourth-order valence-corrected chi connectivity index (χ4v) is 4.68. The van der Waals surface area contributed by atoms with Crippen LogP contribution in [-0.4, -0.2) is 42.9 Å². The van der Waals surface area contributed by atoms with Gasteiger partial charge in [-0.05, 0) is 62.4 Å². The average molecular weight is 372 g/mol. The summed E-state index contributed by atoms with van der Waals surface area (Å²) in [5.41, 5.74) is 1.21. The first-order chi connectivity index (χ1) is 13.1. The van der Waals surface area contributed by atoms with E-state index in [0.717, 1.165) is 64.0 Å². The zero-order chi connectivity index (χ0) is 19.3. The molecule has 2 N–H and O–H groups in total. The fourth-order valence-electron chi connectivity index (χ4n) is 4.68. The van der Waals surface area contributed by atoms with E-state index in [4.69, 9.17) is 0 Å². The first kappa shape index (κ1) is 19.9. The van der Waals surface area contributed by atoms with Crippen molar-refractivity contribution in [2.75, 3.05) is 31.5 Å². The molecule has 0 radical (unpaired) electrons. The van der Waals surface area contributed by atoms with Crippen molar-refractivity contribution in [1.82, 2.24) is 10.2 Å². The van der Waals surface area contributed by atoms with Crippen LogP contribution in [0.5, 0.6) is 0 Å². The Kier molecular flexibility index (Phi) is 6.53. The van der Waals surface area contributed by atoms with Gasteiger partial charge in [-0.15, -0.1) is 0 Å². The van der Waals surface area contributed by atoms with E-state index in [2.05, 4.69) is 24.5 Å². The van der Waals surface area contributed by atoms with Gasteiger partial charge in [0, 0.05) is 30.9 Å². The summed E-state index contributed by atoms with van der Waals surface area (Å²) < 4.78 is 0. The summed E-state index contributed by atoms with van der Waals surface area (Å²) in [6.45, 7) is 7.47. The fraction of sp³-hybridized carbons (Fsp3) is 0.636. The van der Waals surface area contributed by atoms with Crippen LogP contribution in [0.3, 0.4) is 0 Å². The van der Waals surface area contributed by atoms with Gasteiger partial charge in [-0.1, -0.05) is 26.7 Å². The molecular weight excluding hydrogens is 338 g/mol. The molecule has 1 heterocycles. The summed E-state index contributed by atoms with van der Waals surface area (Å²) >= 11 is 0. The van der Waals surface area contributed by atoms with Crippen LogP contribution < -0.4 is 10.6 Å². The SMILES string of the molecule is CCCN(CCC)C(=O)c1ccc(NC(=O)[C@@]23CCCC[C@H]2CNC3)cc1. The van der Waals surface area contributed by atoms with Crippen LogP contribution in [0.1, 0.15) is 62.7 Å². The Bertz CT molecular complexity index is 652. The molecule has 148 valence electrons. The monoisotopic (exact) mass is 371 g/mol. The lowest BCUT2D eigenvalue weighted by Gasteiger charge is -2.37. The molecular formula is C22H33N3O2. The van der Waals surface area contributed by atoms with E-state index >= 15 is 0 Å². The van der Waals surface area contributed by atoms with E-state index in [1.54, 1.807) is 0 Å². The molecule has 27 heavy (non-hydrogen) atoms. The Hall–Kier alpha value is -1.88. The third-order valence-corrected chi connectivity index (χ3v) is 6.15. The van der Waals surface area contributed by atoms with E-state index in [0.29, 0.717) is 11.5 Å². The Morgan fingerprint density at radius 3 is 2.52 bits per heavy atom. The second kappa shape index (κ2) is 8.87. The second-order valence-electron chi connectivity index (χ2n) is 8.05. The lowest BCUT2D eigenvalue weighted by molar-refractivity contribution is -0.128. The summed E-state index contributed by atoms with van der Waals surface area (Å²) in [4.78, 5) is 27.6. The highest BCUT2D eigenvalue weighted by Gasteiger charge is 2.49. The van der Waals surface area contributed by atoms with Crippen molar-refractivity contribution in [3.05, 3.63) is 29.8 Å². The molecule has 3 rings (SSSR count). The minimum atomic E-state index is -0.258. The van der Waals surface area contributed by atoms with E-state index in [1.165, 1.54) is 6.42 Å². The Balaban J connectivity index is 1.67. The summed E-state index contributed by atoms with van der Waals surface area (Å²) in [6.07, 6.45) is 6.37. The van der Waals surface area contributed by atoms with Crippen molar-refractivity contribution < 1.29 is 9.59 Å². The maximum Gasteiger partial charge on any atom is 0.253 e. The summed E-state index contributed by atoms with van der Waals surface area (Å²) in [7, 11) is 0. The molecule has 2 atom stereocenters. The van der Waals surface area contributed by atoms with Gasteiger partial charge in [-0.25, -0.2) is 0 Å². The van der Waals surface area contributed by atoms with E-state index in [-0.39, 0.29) is 17.2 Å². The zero-order valence-corrected chi connectivity index (χ0v) is 16.7. The number of anilines is 1. The number of carbonyl (C=O) groups is 2. The van der Waals surface area contributed by atoms with Crippen molar-refractivity contribution in [3.8, 4) is 0 Å². The lowest BCUT2D eigenvalue weighted by Crippen LogP contribution is -2.44. The quantitative estimate of drug-likeness (QED) is 0.769. The highest BCUT2D eigenvalue weighted by molar-refractivity contribution is 5.98. The number of benzene rings is 1. The van der Waals surface area contributed by atoms with Gasteiger partial charge in [0.05, 0.1) is 5.41 Å². The van der Waals surface area contributed by atoms with Crippen molar-refractivity contribution in [3.63, 3.8) is 0 Å². The van der Waals surface area contributed by atoms with Gasteiger partial charge in [0.25, 0.3) is 5.91 Å². The minimum absolute atomic E-state index is 0.0718. The van der Waals surface area contributed by atoms with Crippen LogP contribution in [0.4, 0.5) is 5.69 Å². The van der Waals surface area contributed by atoms with Crippen LogP contribution in [0.25, 0.3) is 0 Å². The van der Waals surface area contributed by atoms with Crippen LogP contribution >= 0.6 is 0 Å². The van der Waals surface area contributed by atoms with Gasteiger partial charge < -0.3 is 15.5 Å². The molecule has 0 bridgehead atoms. The first-order valence-electron chi connectivity index (χ1n) is 10.5. The van der Waals surface area contributed by atoms with Crippen molar-refractivity contribution in [2.45, 2.75) is 52.4 Å². The van der Waals surface area contributed by atoms with Crippen LogP contribution in [0.2, 0.25) is 0 Å². The minimum Gasteiger partial charge on any atom is -0.339 e. The van der Waals surface area contributed by atoms with Crippen LogP contribution in [-0.2, 0) is 4.79 Å². The topological polar surface area (TPSA) is 61.4 Å². The maximum atomic E-state index is 13.0. The van der Waals surface area contributed by atoms with Gasteiger partial charge >= 0.3 is 0 Å². The highest BCUT2D eigenvalue weighted by Crippen LogP contribution is 2.44. The molecule has 1 aliphatic heterocycles. The third-order valence-electron chi connectivity index (χ3n) is 6.15. The molecule has 5 nitrogen and oxygen atoms in total. The third kappa shape index (κ3) is 4.18. The normalized spacial score (nSPS) is 24.3. The van der Waals surface area contributed by atoms with Crippen molar-refractivity contribution >= 4 is 17.5 Å². The molecule has 1 saturated carbocycles. The Morgan fingerprint density at radius 1 is 1.15 bits per heavy atom. The molecule has 1 aliphatic carbocycles. The predicted molar refractivity (Wildman–Crippen MR) is 109 cm³/mol. The van der Waals surface area contributed by atoms with Gasteiger partial charge in [-0.3, -0.25) is 9.59 Å². The Morgan fingerprint density at radius 2 is 1.85 bits per heavy atom. The number of nitrogens with zero attached hydrogens (tertiary/aromatic N) is 1. The molecule has 1 saturated heterocycles. The van der Waals surface area contributed by atoms with E-state index in [1.807, 2.05) is 29.2 Å². The molecule has 2 amide bonds. The van der Waals surface area contributed by atoms with Gasteiger partial charge in [0.15, 0.2) is 0 Å². The molecule has 1 aromatic rings. The lowest BCUT2D eigenvalue weighted by atomic mass is 9.67. The Labute approximate surface area is 162 Å². The van der Waals surface area contributed by atoms with Crippen molar-refractivity contribution in [2.24, 2.45) is 11.3 Å². The molecule has 0 unspecified atom stereocenters. The highest BCUT2D eigenvalue weighted by atomic mass is 16.2. The van der Waals surface area contributed by atoms with Gasteiger partial charge in [-0.2, -0.15) is 0 Å². The number of nitrogens with one attached hydrogen (secondary N) is 2. The van der Waals surface area contributed by atoms with Gasteiger partial charge in [0.1, 0.15) is 0 Å². The smallest absolute Gasteiger partial charge is 0.253 e. The number of hydrogen-bond donors (Lipinski definition) is 2. The number of fused-ring (bicyclic) bond motifs is 1. The predicted octanol–water partition coefficient (Wildman–Crippen LogP) is 3.67. The molecule has 2 aliphatic rings. The number of rotatable bonds is 7. The second-order valence-corrected chi connectivity index (χ2v) is 8.05. The largest absolute Gasteiger partial charge is 0.339 e. The summed E-state index contributed by atoms with van der Waals surface area (Å²) in [5.74, 6) is 0.654. The molecule has 1 aromatic carbocycles. The van der Waals surface area contributed by atoms with E-state index in [9.17, 15) is 9.59 Å². The number of amides is 2. The first-order valence-corrected chi connectivity index (χ1v) is 10.5. The number of carbonyl (C=O) groups excluding carboxylic acids is 2. The molecule has 2 fully saturated rings. The van der Waals surface area contributed by atoms with Gasteiger partial charge in [0.2, 0.25) is 5.91 Å². The molecule has 0 spiro atoms. The zero-order valence-electron chi connectivity index (χ0n) is 16.7.